The van der Waals surface area contributed by atoms with Gasteiger partial charge in [0, 0.05) is 22.4 Å². The van der Waals surface area contributed by atoms with Gasteiger partial charge in [-0.3, -0.25) is 4.79 Å². The summed E-state index contributed by atoms with van der Waals surface area (Å²) in [5.74, 6) is -8.45. The van der Waals surface area contributed by atoms with E-state index in [4.69, 9.17) is 14.2 Å². The Balaban J connectivity index is 1.43. The first-order chi connectivity index (χ1) is 16.4. The van der Waals surface area contributed by atoms with Crippen LogP contribution in [0.5, 0.6) is 5.75 Å². The van der Waals surface area contributed by atoms with Gasteiger partial charge in [0.1, 0.15) is 5.56 Å². The van der Waals surface area contributed by atoms with Crippen molar-refractivity contribution >= 4 is 124 Å². The van der Waals surface area contributed by atoms with Crippen molar-refractivity contribution in [2.24, 2.45) is 5.92 Å². The highest BCUT2D eigenvalue weighted by atomic mass is 127. The van der Waals surface area contributed by atoms with Gasteiger partial charge in [-0.25, -0.2) is 13.2 Å². The summed E-state index contributed by atoms with van der Waals surface area (Å²) in [5.41, 5.74) is 0.317. The number of hydrogen-bond donors (Lipinski definition) is 0. The predicted molar refractivity (Wildman–Crippen MR) is 149 cm³/mol. The molecule has 2 bridgehead atoms. The number of alkyl halides is 4. The Bertz CT molecular complexity index is 1260. The molecule has 4 atom stereocenters. The minimum atomic E-state index is -6.62. The highest BCUT2D eigenvalue weighted by Crippen LogP contribution is 2.59. The van der Waals surface area contributed by atoms with Crippen LogP contribution in [0.2, 0.25) is 0 Å². The molecule has 1 spiro atoms. The molecule has 2 saturated heterocycles. The lowest BCUT2D eigenvalue weighted by atomic mass is 9.84. The van der Waals surface area contributed by atoms with E-state index in [1.165, 1.54) is 11.8 Å². The predicted octanol–water partition coefficient (Wildman–Crippen LogP) is 4.95. The average Bonchev–Trinajstić information content (AvgIpc) is 3.32. The normalized spacial score (nSPS) is 27.6. The fourth-order valence-electron chi connectivity index (χ4n) is 4.10. The second-order valence-electron chi connectivity index (χ2n) is 8.07. The van der Waals surface area contributed by atoms with Crippen molar-refractivity contribution in [3.63, 3.8) is 0 Å². The summed E-state index contributed by atoms with van der Waals surface area (Å²) >= 11 is 9.73. The van der Waals surface area contributed by atoms with Gasteiger partial charge in [-0.2, -0.15) is 17.6 Å². The number of carbonyl (C=O) groups excluding carboxylic acids is 2. The third-order valence-electron chi connectivity index (χ3n) is 5.90. The SMILES string of the molecule is O=C1OC2(CC3SC2CC3C(=O)OCCC(F)(F)C(F)(F)S(=O)(=O)[O-])Oc2c(I)c(I)c(I)c(I)c21. The van der Waals surface area contributed by atoms with Crippen LogP contribution < -0.4 is 4.74 Å². The van der Waals surface area contributed by atoms with E-state index in [1.54, 1.807) is 0 Å². The highest BCUT2D eigenvalue weighted by Gasteiger charge is 2.65. The molecule has 4 rings (SSSR count). The van der Waals surface area contributed by atoms with Crippen LogP contribution in [0.3, 0.4) is 0 Å². The largest absolute Gasteiger partial charge is 0.743 e. The van der Waals surface area contributed by atoms with E-state index in [2.05, 4.69) is 67.8 Å². The highest BCUT2D eigenvalue weighted by molar-refractivity contribution is 14.1. The van der Waals surface area contributed by atoms with Gasteiger partial charge in [-0.15, -0.1) is 11.8 Å². The van der Waals surface area contributed by atoms with Crippen LogP contribution in [0.25, 0.3) is 0 Å². The first-order valence-electron chi connectivity index (χ1n) is 9.75. The maximum atomic E-state index is 13.6. The zero-order chi connectivity index (χ0) is 27.0. The van der Waals surface area contributed by atoms with E-state index in [9.17, 15) is 40.1 Å². The second kappa shape index (κ2) is 10.0. The summed E-state index contributed by atoms with van der Waals surface area (Å²) in [5, 5.41) is -6.77. The van der Waals surface area contributed by atoms with Crippen molar-refractivity contribution in [2.45, 2.75) is 46.7 Å². The van der Waals surface area contributed by atoms with Gasteiger partial charge in [0.2, 0.25) is 0 Å². The summed E-state index contributed by atoms with van der Waals surface area (Å²) < 4.78 is 105. The first kappa shape index (κ1) is 29.8. The lowest BCUT2D eigenvalue weighted by Crippen LogP contribution is -2.53. The molecule has 0 aromatic heterocycles. The summed E-state index contributed by atoms with van der Waals surface area (Å²) in [6, 6.07) is 0. The lowest BCUT2D eigenvalue weighted by molar-refractivity contribution is -0.180. The van der Waals surface area contributed by atoms with Gasteiger partial charge in [0.05, 0.1) is 27.8 Å². The monoisotopic (exact) mass is 1000 g/mol. The number of hydrogen-bond acceptors (Lipinski definition) is 9. The lowest BCUT2D eigenvalue weighted by Gasteiger charge is -2.41. The Morgan fingerprint density at radius 3 is 2.28 bits per heavy atom. The average molecular weight is 1000 g/mol. The molecule has 0 radical (unpaired) electrons. The summed E-state index contributed by atoms with van der Waals surface area (Å²) in [4.78, 5) is 25.4. The van der Waals surface area contributed by atoms with Crippen LogP contribution in [0.1, 0.15) is 29.6 Å². The summed E-state index contributed by atoms with van der Waals surface area (Å²) in [7, 11) is -6.62. The Labute approximate surface area is 260 Å². The molecular weight excluding hydrogens is 992 g/mol. The second-order valence-corrected chi connectivity index (χ2v) is 15.2. The van der Waals surface area contributed by atoms with Crippen LogP contribution in [0.4, 0.5) is 17.6 Å². The van der Waals surface area contributed by atoms with E-state index in [0.717, 1.165) is 10.7 Å². The number of rotatable bonds is 6. The van der Waals surface area contributed by atoms with Crippen LogP contribution in [-0.4, -0.2) is 59.0 Å². The van der Waals surface area contributed by atoms with E-state index in [1.807, 2.05) is 22.6 Å². The molecular formula is C18H11F4I4O8S2-. The van der Waals surface area contributed by atoms with Gasteiger partial charge in [-0.05, 0) is 96.8 Å². The topological polar surface area (TPSA) is 119 Å². The number of thioether (sulfide) groups is 1. The standard InChI is InChI=1S/C18H12F4I4O8S2/c19-17(20,18(21,22)36(29,30)31)1-2-32-14(27)5-3-7-16(4-6(5)35-7)33-13-8(15(28)34-16)9(23)10(24)11(25)12(13)26/h5-7H,1-4H2,(H,29,30,31)/p-1. The molecule has 200 valence electrons. The molecule has 2 fully saturated rings. The van der Waals surface area contributed by atoms with Gasteiger partial charge in [-0.1, -0.05) is 0 Å². The molecule has 3 heterocycles. The molecule has 1 aromatic rings. The van der Waals surface area contributed by atoms with Gasteiger partial charge in [0.25, 0.3) is 5.79 Å². The molecule has 8 nitrogen and oxygen atoms in total. The van der Waals surface area contributed by atoms with E-state index >= 15 is 0 Å². The van der Waals surface area contributed by atoms with Crippen molar-refractivity contribution in [1.29, 1.82) is 0 Å². The molecule has 0 N–H and O–H groups in total. The summed E-state index contributed by atoms with van der Waals surface area (Å²) in [6.45, 7) is -1.22. The van der Waals surface area contributed by atoms with Crippen molar-refractivity contribution in [1.82, 2.24) is 0 Å². The summed E-state index contributed by atoms with van der Waals surface area (Å²) in [6.07, 6.45) is -1.62. The quantitative estimate of drug-likeness (QED) is 0.0976. The first-order valence-corrected chi connectivity index (χ1v) is 16.4. The molecule has 0 saturated carbocycles. The Kier molecular flexibility index (Phi) is 8.33. The van der Waals surface area contributed by atoms with Crippen LogP contribution in [-0.2, 0) is 24.4 Å². The minimum Gasteiger partial charge on any atom is -0.743 e. The molecule has 18 heteroatoms. The number of ether oxygens (including phenoxy) is 3. The minimum absolute atomic E-state index is 0.116. The maximum Gasteiger partial charge on any atom is 0.396 e. The van der Waals surface area contributed by atoms with Crippen LogP contribution >= 0.6 is 102 Å². The fraction of sp³-hybridized carbons (Fsp3) is 0.556. The molecule has 0 aliphatic carbocycles. The van der Waals surface area contributed by atoms with Gasteiger partial charge in [0.15, 0.2) is 15.9 Å². The Morgan fingerprint density at radius 2 is 1.72 bits per heavy atom. The van der Waals surface area contributed by atoms with Crippen molar-refractivity contribution < 1.29 is 54.3 Å². The third-order valence-corrected chi connectivity index (χ3v) is 15.9. The van der Waals surface area contributed by atoms with Gasteiger partial charge < -0.3 is 18.8 Å². The van der Waals surface area contributed by atoms with Crippen LogP contribution in [0.15, 0.2) is 0 Å². The smallest absolute Gasteiger partial charge is 0.396 e. The third kappa shape index (κ3) is 4.84. The van der Waals surface area contributed by atoms with Crippen molar-refractivity contribution in [3.8, 4) is 5.75 Å². The fourth-order valence-corrected chi connectivity index (χ4v) is 9.92. The maximum absolute atomic E-state index is 13.6. The van der Waals surface area contributed by atoms with E-state index in [0.29, 0.717) is 14.9 Å². The molecule has 4 unspecified atom stereocenters. The Morgan fingerprint density at radius 1 is 1.11 bits per heavy atom. The van der Waals surface area contributed by atoms with Crippen LogP contribution in [0, 0.1) is 20.2 Å². The number of halogens is 8. The van der Waals surface area contributed by atoms with Crippen molar-refractivity contribution in [2.75, 3.05) is 6.61 Å². The zero-order valence-electron chi connectivity index (χ0n) is 17.2. The molecule has 3 aliphatic rings. The van der Waals surface area contributed by atoms with Gasteiger partial charge >= 0.3 is 23.1 Å². The number of fused-ring (bicyclic) bond motifs is 4. The van der Waals surface area contributed by atoms with E-state index < -0.39 is 68.5 Å². The number of esters is 2. The number of benzene rings is 1. The van der Waals surface area contributed by atoms with Crippen molar-refractivity contribution in [3.05, 3.63) is 19.8 Å². The van der Waals surface area contributed by atoms with E-state index in [-0.39, 0.29) is 12.8 Å². The molecule has 36 heavy (non-hydrogen) atoms. The molecule has 0 amide bonds. The molecule has 3 aliphatic heterocycles. The molecule has 1 aromatic carbocycles. The number of carbonyl (C=O) groups is 2. The zero-order valence-corrected chi connectivity index (χ0v) is 27.4. The Hall–Kier alpha value is 0.860.